The molecule has 1 atom stereocenters. The highest BCUT2D eigenvalue weighted by molar-refractivity contribution is 7.90. The van der Waals surface area contributed by atoms with Crippen LogP contribution in [0.2, 0.25) is 0 Å². The average molecular weight is 324 g/mol. The lowest BCUT2D eigenvalue weighted by Crippen LogP contribution is -2.47. The third kappa shape index (κ3) is 3.30. The zero-order chi connectivity index (χ0) is 16.5. The van der Waals surface area contributed by atoms with Crippen molar-refractivity contribution in [3.05, 3.63) is 29.1 Å². The Morgan fingerprint density at radius 3 is 2.59 bits per heavy atom. The molecule has 0 bridgehead atoms. The number of amides is 2. The standard InChI is InChI=1S/C13H16N4O4S/c1-22(20,21)3-2-13(12(15)19)5-8-4-9(11(14)18)6-16-10(8)7-17-13/h4,6-7H,2-3,5H2,1H3,(H2,14,18)(H2,15,19). The first-order chi connectivity index (χ1) is 10.1. The van der Waals surface area contributed by atoms with Crippen molar-refractivity contribution in [3.8, 4) is 0 Å². The number of rotatable bonds is 5. The second kappa shape index (κ2) is 5.48. The van der Waals surface area contributed by atoms with Gasteiger partial charge in [0.15, 0.2) is 0 Å². The van der Waals surface area contributed by atoms with Crippen LogP contribution >= 0.6 is 0 Å². The van der Waals surface area contributed by atoms with E-state index >= 15 is 0 Å². The van der Waals surface area contributed by atoms with Gasteiger partial charge in [-0.05, 0) is 18.1 Å². The number of nitrogens with zero attached hydrogens (tertiary/aromatic N) is 2. The van der Waals surface area contributed by atoms with Crippen molar-refractivity contribution in [2.24, 2.45) is 16.5 Å². The number of fused-ring (bicyclic) bond motifs is 1. The lowest BCUT2D eigenvalue weighted by atomic mass is 9.85. The van der Waals surface area contributed by atoms with E-state index in [-0.39, 0.29) is 24.2 Å². The molecule has 2 amide bonds. The van der Waals surface area contributed by atoms with E-state index in [0.29, 0.717) is 11.3 Å². The molecule has 1 unspecified atom stereocenters. The highest BCUT2D eigenvalue weighted by Crippen LogP contribution is 2.28. The number of carbonyl (C=O) groups is 2. The minimum Gasteiger partial charge on any atom is -0.368 e. The number of hydrogen-bond acceptors (Lipinski definition) is 6. The molecule has 0 fully saturated rings. The summed E-state index contributed by atoms with van der Waals surface area (Å²) in [6.07, 6.45) is 3.82. The maximum absolute atomic E-state index is 11.8. The number of hydrogen-bond donors (Lipinski definition) is 2. The lowest BCUT2D eigenvalue weighted by Gasteiger charge is -2.29. The SMILES string of the molecule is CS(=O)(=O)CCC1(C(N)=O)Cc2cc(C(N)=O)cnc2C=N1. The first kappa shape index (κ1) is 16.1. The van der Waals surface area contributed by atoms with Gasteiger partial charge in [0, 0.05) is 25.1 Å². The van der Waals surface area contributed by atoms with Crippen LogP contribution in [-0.4, -0.2) is 49.0 Å². The molecule has 1 aliphatic heterocycles. The van der Waals surface area contributed by atoms with Crippen LogP contribution < -0.4 is 11.5 Å². The molecule has 118 valence electrons. The Morgan fingerprint density at radius 2 is 2.05 bits per heavy atom. The van der Waals surface area contributed by atoms with Crippen LogP contribution in [0.25, 0.3) is 0 Å². The number of sulfone groups is 1. The number of aromatic nitrogens is 1. The van der Waals surface area contributed by atoms with E-state index in [2.05, 4.69) is 9.98 Å². The fourth-order valence-corrected chi connectivity index (χ4v) is 2.95. The summed E-state index contributed by atoms with van der Waals surface area (Å²) in [7, 11) is -3.27. The van der Waals surface area contributed by atoms with Gasteiger partial charge in [-0.3, -0.25) is 19.6 Å². The highest BCUT2D eigenvalue weighted by atomic mass is 32.2. The van der Waals surface area contributed by atoms with E-state index in [9.17, 15) is 18.0 Å². The number of carbonyl (C=O) groups excluding carboxylic acids is 2. The maximum Gasteiger partial charge on any atom is 0.250 e. The monoisotopic (exact) mass is 324 g/mol. The molecular formula is C13H16N4O4S. The molecule has 0 saturated carbocycles. The zero-order valence-corrected chi connectivity index (χ0v) is 12.8. The quantitative estimate of drug-likeness (QED) is 0.699. The smallest absolute Gasteiger partial charge is 0.250 e. The Hall–Kier alpha value is -2.29. The van der Waals surface area contributed by atoms with Gasteiger partial charge in [0.1, 0.15) is 15.4 Å². The molecule has 1 aromatic heterocycles. The van der Waals surface area contributed by atoms with Gasteiger partial charge in [-0.15, -0.1) is 0 Å². The summed E-state index contributed by atoms with van der Waals surface area (Å²) in [5.41, 5.74) is 10.6. The summed E-state index contributed by atoms with van der Waals surface area (Å²) in [5.74, 6) is -1.58. The molecule has 0 aliphatic carbocycles. The van der Waals surface area contributed by atoms with Gasteiger partial charge < -0.3 is 11.5 Å². The molecule has 0 radical (unpaired) electrons. The third-order valence-corrected chi connectivity index (χ3v) is 4.49. The van der Waals surface area contributed by atoms with E-state index in [0.717, 1.165) is 6.26 Å². The van der Waals surface area contributed by atoms with Crippen molar-refractivity contribution in [2.75, 3.05) is 12.0 Å². The molecule has 2 rings (SSSR count). The van der Waals surface area contributed by atoms with Crippen LogP contribution in [0.4, 0.5) is 0 Å². The predicted octanol–water partition coefficient (Wildman–Crippen LogP) is -1.19. The van der Waals surface area contributed by atoms with Crippen molar-refractivity contribution in [3.63, 3.8) is 0 Å². The normalized spacial score (nSPS) is 20.4. The fourth-order valence-electron chi connectivity index (χ4n) is 2.24. The molecule has 22 heavy (non-hydrogen) atoms. The largest absolute Gasteiger partial charge is 0.368 e. The first-order valence-electron chi connectivity index (χ1n) is 6.44. The Kier molecular flexibility index (Phi) is 4.01. The summed E-state index contributed by atoms with van der Waals surface area (Å²) in [6, 6.07) is 1.52. The van der Waals surface area contributed by atoms with Gasteiger partial charge in [0.05, 0.1) is 17.0 Å². The third-order valence-electron chi connectivity index (χ3n) is 3.55. The molecule has 0 aromatic carbocycles. The Labute approximate surface area is 127 Å². The van der Waals surface area contributed by atoms with Crippen molar-refractivity contribution in [2.45, 2.75) is 18.4 Å². The number of primary amides is 2. The van der Waals surface area contributed by atoms with Crippen molar-refractivity contribution < 1.29 is 18.0 Å². The van der Waals surface area contributed by atoms with E-state index in [1.165, 1.54) is 18.5 Å². The van der Waals surface area contributed by atoms with E-state index < -0.39 is 27.2 Å². The molecule has 4 N–H and O–H groups in total. The van der Waals surface area contributed by atoms with Crippen LogP contribution in [0.3, 0.4) is 0 Å². The molecule has 9 heteroatoms. The Bertz CT molecular complexity index is 772. The Morgan fingerprint density at radius 1 is 1.36 bits per heavy atom. The predicted molar refractivity (Wildman–Crippen MR) is 80.3 cm³/mol. The van der Waals surface area contributed by atoms with E-state index in [1.54, 1.807) is 0 Å². The summed E-state index contributed by atoms with van der Waals surface area (Å²) in [4.78, 5) is 31.2. The molecule has 1 aromatic rings. The topological polar surface area (TPSA) is 146 Å². The lowest BCUT2D eigenvalue weighted by molar-refractivity contribution is -0.123. The van der Waals surface area contributed by atoms with Gasteiger partial charge in [0.2, 0.25) is 11.8 Å². The number of nitrogens with two attached hydrogens (primary N) is 2. The Balaban J connectivity index is 2.39. The van der Waals surface area contributed by atoms with Gasteiger partial charge in [-0.25, -0.2) is 8.42 Å². The van der Waals surface area contributed by atoms with Crippen molar-refractivity contribution >= 4 is 27.9 Å². The minimum atomic E-state index is -3.27. The fraction of sp³-hybridized carbons (Fsp3) is 0.385. The van der Waals surface area contributed by atoms with Gasteiger partial charge in [-0.1, -0.05) is 0 Å². The first-order valence-corrected chi connectivity index (χ1v) is 8.51. The van der Waals surface area contributed by atoms with E-state index in [4.69, 9.17) is 11.5 Å². The second-order valence-electron chi connectivity index (χ2n) is 5.34. The summed E-state index contributed by atoms with van der Waals surface area (Å²) >= 11 is 0. The number of aliphatic imine (C=N–C) groups is 1. The van der Waals surface area contributed by atoms with Crippen molar-refractivity contribution in [1.29, 1.82) is 0 Å². The second-order valence-corrected chi connectivity index (χ2v) is 7.60. The van der Waals surface area contributed by atoms with Crippen LogP contribution in [0.5, 0.6) is 0 Å². The van der Waals surface area contributed by atoms with Gasteiger partial charge in [0.25, 0.3) is 0 Å². The molecule has 0 saturated heterocycles. The molecule has 2 heterocycles. The molecular weight excluding hydrogens is 308 g/mol. The molecule has 1 aliphatic rings. The summed E-state index contributed by atoms with van der Waals surface area (Å²) in [6.45, 7) is 0. The van der Waals surface area contributed by atoms with Crippen LogP contribution in [-0.2, 0) is 21.1 Å². The molecule has 8 nitrogen and oxygen atoms in total. The summed E-state index contributed by atoms with van der Waals surface area (Å²) in [5, 5.41) is 0. The molecule has 0 spiro atoms. The summed E-state index contributed by atoms with van der Waals surface area (Å²) < 4.78 is 22.7. The highest BCUT2D eigenvalue weighted by Gasteiger charge is 2.39. The minimum absolute atomic E-state index is 0.0299. The average Bonchev–Trinajstić information content (AvgIpc) is 2.43. The maximum atomic E-state index is 11.8. The van der Waals surface area contributed by atoms with E-state index in [1.807, 2.05) is 0 Å². The van der Waals surface area contributed by atoms with Crippen LogP contribution in [0.15, 0.2) is 17.3 Å². The van der Waals surface area contributed by atoms with Gasteiger partial charge >= 0.3 is 0 Å². The number of pyridine rings is 1. The zero-order valence-electron chi connectivity index (χ0n) is 11.9. The van der Waals surface area contributed by atoms with Crippen LogP contribution in [0, 0.1) is 0 Å². The van der Waals surface area contributed by atoms with Crippen LogP contribution in [0.1, 0.15) is 28.0 Å². The van der Waals surface area contributed by atoms with Gasteiger partial charge in [-0.2, -0.15) is 0 Å². The van der Waals surface area contributed by atoms with Crippen molar-refractivity contribution in [1.82, 2.24) is 4.98 Å².